The first kappa shape index (κ1) is 16.4. The molecule has 22 heavy (non-hydrogen) atoms. The second-order valence-corrected chi connectivity index (χ2v) is 5.76. The molecule has 2 rings (SSSR count). The smallest absolute Gasteiger partial charge is 0.240 e. The predicted molar refractivity (Wildman–Crippen MR) is 77.8 cm³/mol. The summed E-state index contributed by atoms with van der Waals surface area (Å²) in [6, 6.07) is 2.33. The van der Waals surface area contributed by atoms with E-state index in [4.69, 9.17) is 5.73 Å². The molecule has 6 heteroatoms. The molecule has 0 spiro atoms. The molecule has 120 valence electrons. The largest absolute Gasteiger partial charge is 0.368 e. The first-order valence-electron chi connectivity index (χ1n) is 7.50. The van der Waals surface area contributed by atoms with Crippen LogP contribution in [0.5, 0.6) is 0 Å². The molecule has 1 aliphatic rings. The van der Waals surface area contributed by atoms with Crippen molar-refractivity contribution in [3.05, 3.63) is 35.4 Å². The van der Waals surface area contributed by atoms with Gasteiger partial charge in [0.15, 0.2) is 0 Å². The fourth-order valence-corrected chi connectivity index (χ4v) is 2.95. The predicted octanol–water partition coefficient (Wildman–Crippen LogP) is 2.06. The van der Waals surface area contributed by atoms with Crippen molar-refractivity contribution in [3.63, 3.8) is 0 Å². The second kappa shape index (κ2) is 7.33. The number of carbonyl (C=O) groups excluding carboxylic acids is 2. The zero-order chi connectivity index (χ0) is 16.1. The quantitative estimate of drug-likeness (QED) is 0.874. The summed E-state index contributed by atoms with van der Waals surface area (Å²) in [5, 5.41) is 2.60. The first-order chi connectivity index (χ1) is 10.5. The third-order valence-electron chi connectivity index (χ3n) is 4.11. The number of benzene rings is 1. The highest BCUT2D eigenvalue weighted by atomic mass is 19.1. The average molecular weight is 310 g/mol. The molecular formula is C16H20F2N2O2. The lowest BCUT2D eigenvalue weighted by Gasteiger charge is -2.28. The van der Waals surface area contributed by atoms with Gasteiger partial charge in [0.05, 0.1) is 6.42 Å². The molecule has 3 N–H and O–H groups in total. The van der Waals surface area contributed by atoms with Crippen molar-refractivity contribution in [1.29, 1.82) is 0 Å². The van der Waals surface area contributed by atoms with Crippen molar-refractivity contribution in [2.45, 2.75) is 44.6 Å². The standard InChI is InChI=1S/C16H20F2N2O2/c17-12-7-6-11(13(18)9-12)8-14(21)20-15(16(19)22)10-4-2-1-3-5-10/h6-7,9-10,15H,1-5,8H2,(H2,19,22)(H,20,21)/t15-/m1/s1. The van der Waals surface area contributed by atoms with Crippen LogP contribution in [0.4, 0.5) is 8.78 Å². The monoisotopic (exact) mass is 310 g/mol. The minimum Gasteiger partial charge on any atom is -0.368 e. The highest BCUT2D eigenvalue weighted by Gasteiger charge is 2.29. The van der Waals surface area contributed by atoms with Gasteiger partial charge in [0.25, 0.3) is 0 Å². The van der Waals surface area contributed by atoms with E-state index < -0.39 is 29.5 Å². The Morgan fingerprint density at radius 3 is 2.50 bits per heavy atom. The third-order valence-corrected chi connectivity index (χ3v) is 4.11. The number of halogens is 2. The lowest BCUT2D eigenvalue weighted by molar-refractivity contribution is -0.128. The number of nitrogens with two attached hydrogens (primary N) is 1. The summed E-state index contributed by atoms with van der Waals surface area (Å²) in [5.74, 6) is -2.49. The lowest BCUT2D eigenvalue weighted by Crippen LogP contribution is -2.50. The van der Waals surface area contributed by atoms with Crippen LogP contribution in [0.3, 0.4) is 0 Å². The fourth-order valence-electron chi connectivity index (χ4n) is 2.95. The van der Waals surface area contributed by atoms with Gasteiger partial charge in [-0.2, -0.15) is 0 Å². The van der Waals surface area contributed by atoms with E-state index in [0.717, 1.165) is 44.2 Å². The molecule has 1 saturated carbocycles. The topological polar surface area (TPSA) is 72.2 Å². The van der Waals surface area contributed by atoms with Gasteiger partial charge in [-0.3, -0.25) is 9.59 Å². The van der Waals surface area contributed by atoms with E-state index in [9.17, 15) is 18.4 Å². The Hall–Kier alpha value is -1.98. The van der Waals surface area contributed by atoms with Crippen LogP contribution in [-0.2, 0) is 16.0 Å². The van der Waals surface area contributed by atoms with Crippen LogP contribution in [0.25, 0.3) is 0 Å². The normalized spacial score (nSPS) is 17.0. The van der Waals surface area contributed by atoms with Crippen molar-refractivity contribution < 1.29 is 18.4 Å². The van der Waals surface area contributed by atoms with Crippen molar-refractivity contribution in [2.75, 3.05) is 0 Å². The van der Waals surface area contributed by atoms with Gasteiger partial charge in [0.2, 0.25) is 11.8 Å². The number of hydrogen-bond acceptors (Lipinski definition) is 2. The van der Waals surface area contributed by atoms with E-state index in [1.165, 1.54) is 6.07 Å². The molecule has 1 atom stereocenters. The van der Waals surface area contributed by atoms with Gasteiger partial charge in [-0.15, -0.1) is 0 Å². The van der Waals surface area contributed by atoms with Crippen molar-refractivity contribution in [3.8, 4) is 0 Å². The molecule has 0 aromatic heterocycles. The van der Waals surface area contributed by atoms with Gasteiger partial charge < -0.3 is 11.1 Å². The highest BCUT2D eigenvalue weighted by molar-refractivity contribution is 5.87. The summed E-state index contributed by atoms with van der Waals surface area (Å²) in [6.45, 7) is 0. The Balaban J connectivity index is 2.00. The van der Waals surface area contributed by atoms with E-state index in [2.05, 4.69) is 5.32 Å². The molecule has 1 aromatic carbocycles. The van der Waals surface area contributed by atoms with Gasteiger partial charge in [0.1, 0.15) is 17.7 Å². The van der Waals surface area contributed by atoms with Crippen LogP contribution in [-0.4, -0.2) is 17.9 Å². The maximum Gasteiger partial charge on any atom is 0.240 e. The average Bonchev–Trinajstić information content (AvgIpc) is 2.48. The molecule has 1 aliphatic carbocycles. The SMILES string of the molecule is NC(=O)[C@H](NC(=O)Cc1ccc(F)cc1F)C1CCCCC1. The number of amides is 2. The van der Waals surface area contributed by atoms with E-state index in [0.29, 0.717) is 0 Å². The Kier molecular flexibility index (Phi) is 5.46. The molecule has 1 aromatic rings. The summed E-state index contributed by atoms with van der Waals surface area (Å²) in [6.07, 6.45) is 4.59. The lowest BCUT2D eigenvalue weighted by atomic mass is 9.83. The minimum atomic E-state index is -0.775. The molecule has 2 amide bonds. The molecule has 0 heterocycles. The molecule has 4 nitrogen and oxygen atoms in total. The van der Waals surface area contributed by atoms with E-state index in [1.807, 2.05) is 0 Å². The molecule has 0 bridgehead atoms. The number of carbonyl (C=O) groups is 2. The Labute approximate surface area is 128 Å². The molecular weight excluding hydrogens is 290 g/mol. The Bertz CT molecular complexity index is 557. The maximum atomic E-state index is 13.5. The maximum absolute atomic E-state index is 13.5. The van der Waals surface area contributed by atoms with E-state index in [1.54, 1.807) is 0 Å². The number of primary amides is 1. The summed E-state index contributed by atoms with van der Waals surface area (Å²) in [4.78, 5) is 23.6. The van der Waals surface area contributed by atoms with Crippen molar-refractivity contribution in [1.82, 2.24) is 5.32 Å². The van der Waals surface area contributed by atoms with E-state index in [-0.39, 0.29) is 17.9 Å². The summed E-state index contributed by atoms with van der Waals surface area (Å²) in [5.41, 5.74) is 5.47. The van der Waals surface area contributed by atoms with Crippen molar-refractivity contribution in [2.24, 2.45) is 11.7 Å². The van der Waals surface area contributed by atoms with Crippen LogP contribution in [0.1, 0.15) is 37.7 Å². The van der Waals surface area contributed by atoms with Gasteiger partial charge in [-0.25, -0.2) is 8.78 Å². The summed E-state index contributed by atoms with van der Waals surface area (Å²) < 4.78 is 26.4. The van der Waals surface area contributed by atoms with Gasteiger partial charge in [0, 0.05) is 6.07 Å². The number of rotatable bonds is 5. The zero-order valence-corrected chi connectivity index (χ0v) is 12.3. The van der Waals surface area contributed by atoms with Crippen LogP contribution < -0.4 is 11.1 Å². The molecule has 0 radical (unpaired) electrons. The van der Waals surface area contributed by atoms with Gasteiger partial charge in [-0.05, 0) is 30.4 Å². The molecule has 0 saturated heterocycles. The minimum absolute atomic E-state index is 0.0354. The zero-order valence-electron chi connectivity index (χ0n) is 12.3. The fraction of sp³-hybridized carbons (Fsp3) is 0.500. The van der Waals surface area contributed by atoms with Crippen LogP contribution >= 0.6 is 0 Å². The second-order valence-electron chi connectivity index (χ2n) is 5.76. The first-order valence-corrected chi connectivity index (χ1v) is 7.50. The molecule has 1 fully saturated rings. The van der Waals surface area contributed by atoms with Gasteiger partial charge in [-0.1, -0.05) is 25.3 Å². The molecule has 0 unspecified atom stereocenters. The highest BCUT2D eigenvalue weighted by Crippen LogP contribution is 2.26. The van der Waals surface area contributed by atoms with Gasteiger partial charge >= 0.3 is 0 Å². The summed E-state index contributed by atoms with van der Waals surface area (Å²) >= 11 is 0. The summed E-state index contributed by atoms with van der Waals surface area (Å²) in [7, 11) is 0. The number of nitrogens with one attached hydrogen (secondary N) is 1. The van der Waals surface area contributed by atoms with Crippen LogP contribution in [0.2, 0.25) is 0 Å². The Morgan fingerprint density at radius 2 is 1.91 bits per heavy atom. The number of hydrogen-bond donors (Lipinski definition) is 2. The van der Waals surface area contributed by atoms with Crippen LogP contribution in [0, 0.1) is 17.6 Å². The third kappa shape index (κ3) is 4.26. The Morgan fingerprint density at radius 1 is 1.23 bits per heavy atom. The van der Waals surface area contributed by atoms with Crippen molar-refractivity contribution >= 4 is 11.8 Å². The van der Waals surface area contributed by atoms with E-state index >= 15 is 0 Å². The van der Waals surface area contributed by atoms with Crippen LogP contribution in [0.15, 0.2) is 18.2 Å². The molecule has 0 aliphatic heterocycles.